The van der Waals surface area contributed by atoms with Crippen LogP contribution in [0.15, 0.2) is 54.6 Å². The second-order valence-corrected chi connectivity index (χ2v) is 7.36. The number of rotatable bonds is 5. The van der Waals surface area contributed by atoms with E-state index in [-0.39, 0.29) is 5.54 Å². The number of hydrogen-bond donors (Lipinski definition) is 1. The van der Waals surface area contributed by atoms with Gasteiger partial charge >= 0.3 is 0 Å². The Balaban J connectivity index is 1.67. The Kier molecular flexibility index (Phi) is 4.89. The van der Waals surface area contributed by atoms with E-state index in [1.54, 1.807) is 0 Å². The minimum absolute atomic E-state index is 0.234. The predicted molar refractivity (Wildman–Crippen MR) is 103 cm³/mol. The van der Waals surface area contributed by atoms with E-state index in [0.29, 0.717) is 6.54 Å². The van der Waals surface area contributed by atoms with Crippen LogP contribution in [0, 0.1) is 0 Å². The quantitative estimate of drug-likeness (QED) is 0.713. The van der Waals surface area contributed by atoms with Crippen molar-refractivity contribution in [1.29, 1.82) is 0 Å². The first kappa shape index (κ1) is 17.0. The van der Waals surface area contributed by atoms with E-state index >= 15 is 0 Å². The normalized spacial score (nSPS) is 16.3. The summed E-state index contributed by atoms with van der Waals surface area (Å²) in [6.45, 7) is 0.612. The Morgan fingerprint density at radius 3 is 2.58 bits per heavy atom. The van der Waals surface area contributed by atoms with Crippen molar-refractivity contribution in [1.82, 2.24) is 20.2 Å². The van der Waals surface area contributed by atoms with Crippen molar-refractivity contribution in [2.45, 2.75) is 44.2 Å². The molecule has 0 atom stereocenters. The lowest BCUT2D eigenvalue weighted by molar-refractivity contribution is 0.303. The fourth-order valence-electron chi connectivity index (χ4n) is 3.82. The molecule has 1 aromatic heterocycles. The van der Waals surface area contributed by atoms with E-state index in [9.17, 15) is 0 Å². The van der Waals surface area contributed by atoms with Crippen molar-refractivity contribution in [2.75, 3.05) is 5.32 Å². The molecule has 1 saturated carbocycles. The van der Waals surface area contributed by atoms with Gasteiger partial charge in [0.15, 0.2) is 5.82 Å². The predicted octanol–water partition coefficient (Wildman–Crippen LogP) is 4.65. The topological polar surface area (TPSA) is 55.6 Å². The lowest BCUT2D eigenvalue weighted by atomic mass is 9.80. The number of anilines is 1. The molecule has 1 heterocycles. The number of hydrogen-bond acceptors (Lipinski definition) is 4. The molecule has 0 amide bonds. The van der Waals surface area contributed by atoms with Crippen LogP contribution in [0.4, 0.5) is 5.69 Å². The van der Waals surface area contributed by atoms with Gasteiger partial charge in [-0.25, -0.2) is 4.68 Å². The fraction of sp³-hybridized carbons (Fsp3) is 0.350. The van der Waals surface area contributed by atoms with Crippen LogP contribution < -0.4 is 5.32 Å². The number of benzene rings is 2. The highest BCUT2D eigenvalue weighted by Gasteiger charge is 2.38. The number of aromatic nitrogens is 4. The van der Waals surface area contributed by atoms with E-state index in [1.807, 2.05) is 41.1 Å². The van der Waals surface area contributed by atoms with Gasteiger partial charge in [0.05, 0.1) is 12.1 Å². The average molecular weight is 368 g/mol. The molecule has 2 aromatic carbocycles. The van der Waals surface area contributed by atoms with Crippen LogP contribution >= 0.6 is 11.6 Å². The third kappa shape index (κ3) is 3.58. The first-order valence-electron chi connectivity index (χ1n) is 9.10. The van der Waals surface area contributed by atoms with Gasteiger partial charge in [-0.05, 0) is 53.1 Å². The Labute approximate surface area is 158 Å². The zero-order chi connectivity index (χ0) is 17.8. The molecular formula is C20H22ClN5. The minimum atomic E-state index is -0.234. The van der Waals surface area contributed by atoms with Gasteiger partial charge in [0.25, 0.3) is 0 Å². The van der Waals surface area contributed by atoms with Crippen LogP contribution in [0.2, 0.25) is 5.02 Å². The van der Waals surface area contributed by atoms with Gasteiger partial charge < -0.3 is 5.32 Å². The van der Waals surface area contributed by atoms with E-state index in [0.717, 1.165) is 34.9 Å². The molecule has 134 valence electrons. The number of tetrazole rings is 1. The molecule has 1 aliphatic rings. The first-order valence-corrected chi connectivity index (χ1v) is 9.47. The average Bonchev–Trinajstić information content (AvgIpc) is 3.12. The summed E-state index contributed by atoms with van der Waals surface area (Å²) in [5.74, 6) is 0.904. The zero-order valence-electron chi connectivity index (χ0n) is 14.6. The summed E-state index contributed by atoms with van der Waals surface area (Å²) in [6.07, 6.45) is 5.65. The molecule has 4 rings (SSSR count). The monoisotopic (exact) mass is 367 g/mol. The largest absolute Gasteiger partial charge is 0.373 e. The lowest BCUT2D eigenvalue weighted by Crippen LogP contribution is -2.40. The standard InChI is InChI=1S/C20H22ClN5/c21-17-9-7-8-16(14-17)15-26-19(23-24-25-26)20(12-5-2-6-13-20)22-18-10-3-1-4-11-18/h1,3-4,7-11,14,22H,2,5-6,12-13,15H2. The summed E-state index contributed by atoms with van der Waals surface area (Å²) in [7, 11) is 0. The maximum absolute atomic E-state index is 6.13. The molecule has 3 aromatic rings. The second kappa shape index (κ2) is 7.46. The molecule has 0 saturated heterocycles. The van der Waals surface area contributed by atoms with E-state index < -0.39 is 0 Å². The molecular weight excluding hydrogens is 346 g/mol. The summed E-state index contributed by atoms with van der Waals surface area (Å²) in [5, 5.41) is 17.2. The molecule has 0 aliphatic heterocycles. The third-order valence-corrected chi connectivity index (χ3v) is 5.28. The van der Waals surface area contributed by atoms with Gasteiger partial charge in [0.2, 0.25) is 0 Å². The van der Waals surface area contributed by atoms with Gasteiger partial charge in [0.1, 0.15) is 0 Å². The van der Waals surface area contributed by atoms with Gasteiger partial charge in [-0.1, -0.05) is 61.2 Å². The van der Waals surface area contributed by atoms with Crippen molar-refractivity contribution in [3.8, 4) is 0 Å². The Bertz CT molecular complexity index is 855. The summed E-state index contributed by atoms with van der Waals surface area (Å²) in [4.78, 5) is 0. The van der Waals surface area contributed by atoms with Crippen molar-refractivity contribution in [3.05, 3.63) is 71.0 Å². The summed E-state index contributed by atoms with van der Waals surface area (Å²) >= 11 is 6.13. The molecule has 0 spiro atoms. The molecule has 1 N–H and O–H groups in total. The SMILES string of the molecule is Clc1cccc(Cn2nnnc2C2(Nc3ccccc3)CCCCC2)c1. The van der Waals surface area contributed by atoms with Crippen molar-refractivity contribution < 1.29 is 0 Å². The van der Waals surface area contributed by atoms with Crippen molar-refractivity contribution in [3.63, 3.8) is 0 Å². The number of nitrogens with one attached hydrogen (secondary N) is 1. The first-order chi connectivity index (χ1) is 12.8. The van der Waals surface area contributed by atoms with E-state index in [4.69, 9.17) is 11.6 Å². The molecule has 26 heavy (non-hydrogen) atoms. The molecule has 1 fully saturated rings. The Morgan fingerprint density at radius 1 is 1.00 bits per heavy atom. The van der Waals surface area contributed by atoms with Gasteiger partial charge in [-0.15, -0.1) is 5.10 Å². The minimum Gasteiger partial charge on any atom is -0.373 e. The van der Waals surface area contributed by atoms with Gasteiger partial charge in [-0.2, -0.15) is 0 Å². The molecule has 0 unspecified atom stereocenters. The molecule has 5 nitrogen and oxygen atoms in total. The molecule has 1 aliphatic carbocycles. The maximum Gasteiger partial charge on any atom is 0.177 e. The second-order valence-electron chi connectivity index (χ2n) is 6.92. The van der Waals surface area contributed by atoms with Gasteiger partial charge in [-0.3, -0.25) is 0 Å². The molecule has 0 radical (unpaired) electrons. The molecule has 0 bridgehead atoms. The number of halogens is 1. The van der Waals surface area contributed by atoms with Crippen molar-refractivity contribution in [2.24, 2.45) is 0 Å². The van der Waals surface area contributed by atoms with Crippen LogP contribution in [0.3, 0.4) is 0 Å². The lowest BCUT2D eigenvalue weighted by Gasteiger charge is -2.37. The summed E-state index contributed by atoms with van der Waals surface area (Å²) < 4.78 is 1.91. The van der Waals surface area contributed by atoms with E-state index in [1.165, 1.54) is 19.3 Å². The highest BCUT2D eigenvalue weighted by Crippen LogP contribution is 2.39. The number of nitrogens with zero attached hydrogens (tertiary/aromatic N) is 4. The number of para-hydroxylation sites is 1. The Hall–Kier alpha value is -2.40. The highest BCUT2D eigenvalue weighted by molar-refractivity contribution is 6.30. The zero-order valence-corrected chi connectivity index (χ0v) is 15.4. The smallest absolute Gasteiger partial charge is 0.177 e. The van der Waals surface area contributed by atoms with Crippen LogP contribution in [0.5, 0.6) is 0 Å². The van der Waals surface area contributed by atoms with Crippen LogP contribution in [-0.2, 0) is 12.1 Å². The third-order valence-electron chi connectivity index (χ3n) is 5.05. The van der Waals surface area contributed by atoms with Crippen molar-refractivity contribution >= 4 is 17.3 Å². The van der Waals surface area contributed by atoms with E-state index in [2.05, 4.69) is 39.0 Å². The summed E-state index contributed by atoms with van der Waals surface area (Å²) in [5.41, 5.74) is 1.96. The fourth-order valence-corrected chi connectivity index (χ4v) is 4.03. The van der Waals surface area contributed by atoms with Crippen LogP contribution in [0.1, 0.15) is 43.5 Å². The summed E-state index contributed by atoms with van der Waals surface area (Å²) in [6, 6.07) is 18.2. The Morgan fingerprint density at radius 2 is 1.81 bits per heavy atom. The maximum atomic E-state index is 6.13. The molecule has 6 heteroatoms. The highest BCUT2D eigenvalue weighted by atomic mass is 35.5. The van der Waals surface area contributed by atoms with Crippen LogP contribution in [-0.4, -0.2) is 20.2 Å². The van der Waals surface area contributed by atoms with Gasteiger partial charge in [0, 0.05) is 10.7 Å². The van der Waals surface area contributed by atoms with Crippen LogP contribution in [0.25, 0.3) is 0 Å².